The van der Waals surface area contributed by atoms with Gasteiger partial charge in [0.25, 0.3) is 5.91 Å². The van der Waals surface area contributed by atoms with Crippen LogP contribution in [0.5, 0.6) is 0 Å². The van der Waals surface area contributed by atoms with E-state index in [0.29, 0.717) is 24.5 Å². The minimum absolute atomic E-state index is 0.0708. The summed E-state index contributed by atoms with van der Waals surface area (Å²) in [5.74, 6) is -0.0403. The molecule has 0 saturated carbocycles. The van der Waals surface area contributed by atoms with Crippen LogP contribution in [0.2, 0.25) is 5.02 Å². The molecule has 2 atom stereocenters. The molecule has 5 nitrogen and oxygen atoms in total. The Balaban J connectivity index is 1.49. The molecule has 1 amide bonds. The van der Waals surface area contributed by atoms with E-state index in [9.17, 15) is 4.79 Å². The van der Waals surface area contributed by atoms with E-state index >= 15 is 0 Å². The number of aliphatic imine (C=N–C) groups is 1. The highest BCUT2D eigenvalue weighted by Crippen LogP contribution is 2.31. The van der Waals surface area contributed by atoms with E-state index in [1.54, 1.807) is 13.3 Å². The van der Waals surface area contributed by atoms with Crippen molar-refractivity contribution in [1.29, 1.82) is 5.41 Å². The summed E-state index contributed by atoms with van der Waals surface area (Å²) in [6.07, 6.45) is 6.04. The molecule has 2 aliphatic rings. The second kappa shape index (κ2) is 9.11. The molecule has 2 aromatic rings. The maximum absolute atomic E-state index is 12.9. The third-order valence-electron chi connectivity index (χ3n) is 5.85. The number of hydrogen-bond donors (Lipinski definition) is 1. The Labute approximate surface area is 182 Å². The fraction of sp³-hybridized carbons (Fsp3) is 0.375. The molecule has 6 heteroatoms. The Kier molecular flexibility index (Phi) is 6.30. The molecule has 0 radical (unpaired) electrons. The molecule has 156 valence electrons. The maximum Gasteiger partial charge on any atom is 0.254 e. The smallest absolute Gasteiger partial charge is 0.254 e. The van der Waals surface area contributed by atoms with Crippen LogP contribution in [0.3, 0.4) is 0 Å². The number of amides is 1. The van der Waals surface area contributed by atoms with Crippen LogP contribution in [0, 0.1) is 5.41 Å². The summed E-state index contributed by atoms with van der Waals surface area (Å²) in [4.78, 5) is 18.8. The highest BCUT2D eigenvalue weighted by molar-refractivity contribution is 6.31. The second-order valence-electron chi connectivity index (χ2n) is 7.94. The van der Waals surface area contributed by atoms with Crippen LogP contribution in [0.15, 0.2) is 41.4 Å². The molecule has 2 aromatic carbocycles. The summed E-state index contributed by atoms with van der Waals surface area (Å²) >= 11 is 6.57. The molecule has 30 heavy (non-hydrogen) atoms. The van der Waals surface area contributed by atoms with E-state index in [0.717, 1.165) is 47.3 Å². The summed E-state index contributed by atoms with van der Waals surface area (Å²) in [5.41, 5.74) is 4.84. The molecule has 1 fully saturated rings. The number of fused-ring (bicyclic) bond motifs is 1. The highest BCUT2D eigenvalue weighted by atomic mass is 35.5. The first kappa shape index (κ1) is 20.8. The molecule has 0 aliphatic carbocycles. The fourth-order valence-electron chi connectivity index (χ4n) is 4.22. The van der Waals surface area contributed by atoms with Crippen LogP contribution in [-0.2, 0) is 17.7 Å². The number of benzene rings is 2. The summed E-state index contributed by atoms with van der Waals surface area (Å²) in [5, 5.41) is 8.26. The van der Waals surface area contributed by atoms with E-state index in [2.05, 4.69) is 4.99 Å². The molecule has 4 rings (SSSR count). The zero-order valence-corrected chi connectivity index (χ0v) is 17.9. The first-order valence-electron chi connectivity index (χ1n) is 10.3. The lowest BCUT2D eigenvalue weighted by atomic mass is 9.96. The fourth-order valence-corrected chi connectivity index (χ4v) is 4.47. The van der Waals surface area contributed by atoms with Crippen molar-refractivity contribution in [2.45, 2.75) is 37.8 Å². The molecule has 0 spiro atoms. The zero-order valence-electron chi connectivity index (χ0n) is 17.1. The van der Waals surface area contributed by atoms with Gasteiger partial charge in [-0.05, 0) is 53.6 Å². The first-order valence-corrected chi connectivity index (χ1v) is 10.7. The van der Waals surface area contributed by atoms with E-state index in [4.69, 9.17) is 21.7 Å². The second-order valence-corrected chi connectivity index (χ2v) is 8.35. The highest BCUT2D eigenvalue weighted by Gasteiger charge is 2.31. The standard InChI is InChI=1S/C24H26ClN3O2/c1-27-13-20(12-26)17-6-4-16(5-7-17)9-18-10-22-19(11-23(18)25)14-28(24(22)29)15-21-3-2-8-30-21/h4-7,10-13,20-21,26H,2-3,8-9,14-15H2,1H3. The van der Waals surface area contributed by atoms with Gasteiger partial charge in [-0.25, -0.2) is 0 Å². The molecule has 0 bridgehead atoms. The Morgan fingerprint density at radius 1 is 1.33 bits per heavy atom. The van der Waals surface area contributed by atoms with Gasteiger partial charge in [0.2, 0.25) is 0 Å². The van der Waals surface area contributed by atoms with Crippen LogP contribution in [-0.4, -0.2) is 49.5 Å². The number of hydrogen-bond acceptors (Lipinski definition) is 4. The Hall–Kier alpha value is -2.50. The van der Waals surface area contributed by atoms with Gasteiger partial charge in [-0.15, -0.1) is 0 Å². The number of halogens is 1. The zero-order chi connectivity index (χ0) is 21.1. The number of ether oxygens (including phenoxy) is 1. The van der Waals surface area contributed by atoms with Gasteiger partial charge in [0.15, 0.2) is 0 Å². The van der Waals surface area contributed by atoms with E-state index in [-0.39, 0.29) is 17.9 Å². The van der Waals surface area contributed by atoms with Crippen LogP contribution in [0.25, 0.3) is 0 Å². The number of nitrogens with one attached hydrogen (secondary N) is 1. The van der Waals surface area contributed by atoms with Crippen molar-refractivity contribution < 1.29 is 9.53 Å². The van der Waals surface area contributed by atoms with Crippen molar-refractivity contribution in [3.63, 3.8) is 0 Å². The van der Waals surface area contributed by atoms with Gasteiger partial charge in [-0.2, -0.15) is 0 Å². The number of nitrogens with zero attached hydrogens (tertiary/aromatic N) is 2. The van der Waals surface area contributed by atoms with Gasteiger partial charge in [0.1, 0.15) is 0 Å². The van der Waals surface area contributed by atoms with Gasteiger partial charge in [0.05, 0.1) is 12.0 Å². The third kappa shape index (κ3) is 4.32. The predicted molar refractivity (Wildman–Crippen MR) is 120 cm³/mol. The quantitative estimate of drug-likeness (QED) is 0.666. The number of carbonyl (C=O) groups excluding carboxylic acids is 1. The lowest BCUT2D eigenvalue weighted by molar-refractivity contribution is 0.0545. The first-order chi connectivity index (χ1) is 14.6. The third-order valence-corrected chi connectivity index (χ3v) is 6.20. The average Bonchev–Trinajstić information content (AvgIpc) is 3.36. The van der Waals surface area contributed by atoms with Crippen molar-refractivity contribution in [1.82, 2.24) is 4.90 Å². The molecular formula is C24H26ClN3O2. The SMILES string of the molecule is CN=CC(C=N)c1ccc(Cc2cc3c(cc2Cl)CN(CC2CCCO2)C3=O)cc1. The van der Waals surface area contributed by atoms with E-state index < -0.39 is 0 Å². The normalized spacial score (nSPS) is 19.5. The van der Waals surface area contributed by atoms with E-state index in [1.165, 1.54) is 6.21 Å². The van der Waals surface area contributed by atoms with Crippen LogP contribution >= 0.6 is 11.6 Å². The van der Waals surface area contributed by atoms with Crippen molar-refractivity contribution in [2.24, 2.45) is 4.99 Å². The van der Waals surface area contributed by atoms with Crippen LogP contribution in [0.4, 0.5) is 0 Å². The predicted octanol–water partition coefficient (Wildman–Crippen LogP) is 4.50. The van der Waals surface area contributed by atoms with Gasteiger partial charge < -0.3 is 15.0 Å². The summed E-state index contributed by atoms with van der Waals surface area (Å²) in [6, 6.07) is 12.0. The number of carbonyl (C=O) groups is 1. The maximum atomic E-state index is 12.9. The lowest BCUT2D eigenvalue weighted by Gasteiger charge is -2.19. The monoisotopic (exact) mass is 423 g/mol. The summed E-state index contributed by atoms with van der Waals surface area (Å²) in [7, 11) is 1.71. The molecule has 2 heterocycles. The minimum Gasteiger partial charge on any atom is -0.376 e. The molecule has 1 saturated heterocycles. The largest absolute Gasteiger partial charge is 0.376 e. The Bertz CT molecular complexity index is 965. The summed E-state index contributed by atoms with van der Waals surface area (Å²) < 4.78 is 5.70. The van der Waals surface area contributed by atoms with Crippen molar-refractivity contribution in [3.05, 3.63) is 69.2 Å². The summed E-state index contributed by atoms with van der Waals surface area (Å²) in [6.45, 7) is 2.05. The van der Waals surface area contributed by atoms with Gasteiger partial charge in [-0.1, -0.05) is 35.9 Å². The molecule has 0 aromatic heterocycles. The Morgan fingerprint density at radius 3 is 2.80 bits per heavy atom. The molecule has 2 aliphatic heterocycles. The minimum atomic E-state index is -0.111. The van der Waals surface area contributed by atoms with Gasteiger partial charge >= 0.3 is 0 Å². The van der Waals surface area contributed by atoms with E-state index in [1.807, 2.05) is 41.3 Å². The average molecular weight is 424 g/mol. The van der Waals surface area contributed by atoms with Crippen molar-refractivity contribution in [2.75, 3.05) is 20.2 Å². The molecule has 1 N–H and O–H groups in total. The number of rotatable bonds is 7. The Morgan fingerprint density at radius 2 is 2.13 bits per heavy atom. The topological polar surface area (TPSA) is 65.8 Å². The lowest BCUT2D eigenvalue weighted by Crippen LogP contribution is -2.32. The molecular weight excluding hydrogens is 398 g/mol. The molecule has 2 unspecified atom stereocenters. The van der Waals surface area contributed by atoms with Gasteiger partial charge in [-0.3, -0.25) is 9.79 Å². The van der Waals surface area contributed by atoms with Crippen molar-refractivity contribution in [3.8, 4) is 0 Å². The van der Waals surface area contributed by atoms with Crippen molar-refractivity contribution >= 4 is 29.9 Å². The van der Waals surface area contributed by atoms with Gasteiger partial charge in [0, 0.05) is 49.8 Å². The van der Waals surface area contributed by atoms with Crippen LogP contribution < -0.4 is 0 Å². The van der Waals surface area contributed by atoms with Crippen LogP contribution in [0.1, 0.15) is 51.4 Å².